The van der Waals surface area contributed by atoms with Crippen LogP contribution in [0.5, 0.6) is 0 Å². The molecule has 0 amide bonds. The Labute approximate surface area is 99.7 Å². The van der Waals surface area contributed by atoms with E-state index >= 15 is 0 Å². The van der Waals surface area contributed by atoms with Crippen LogP contribution in [0.15, 0.2) is 16.8 Å². The largest absolute Gasteiger partial charge is 0.481 e. The van der Waals surface area contributed by atoms with E-state index in [9.17, 15) is 4.79 Å². The first-order valence-electron chi connectivity index (χ1n) is 5.68. The van der Waals surface area contributed by atoms with E-state index in [4.69, 9.17) is 5.11 Å². The minimum Gasteiger partial charge on any atom is -0.481 e. The van der Waals surface area contributed by atoms with E-state index in [1.165, 1.54) is 5.56 Å². The van der Waals surface area contributed by atoms with Crippen molar-refractivity contribution in [3.05, 3.63) is 22.4 Å². The van der Waals surface area contributed by atoms with Crippen molar-refractivity contribution in [1.29, 1.82) is 0 Å². The zero-order valence-electron chi connectivity index (χ0n) is 9.43. The van der Waals surface area contributed by atoms with Crippen molar-refractivity contribution in [1.82, 2.24) is 4.90 Å². The summed E-state index contributed by atoms with van der Waals surface area (Å²) < 4.78 is 0. The van der Waals surface area contributed by atoms with Gasteiger partial charge >= 0.3 is 5.97 Å². The third kappa shape index (κ3) is 2.44. The van der Waals surface area contributed by atoms with Gasteiger partial charge in [-0.2, -0.15) is 11.3 Å². The second-order valence-electron chi connectivity index (χ2n) is 4.36. The van der Waals surface area contributed by atoms with Crippen LogP contribution in [0.3, 0.4) is 0 Å². The molecule has 2 atom stereocenters. The van der Waals surface area contributed by atoms with Gasteiger partial charge in [0, 0.05) is 12.1 Å². The van der Waals surface area contributed by atoms with E-state index in [2.05, 4.69) is 28.7 Å². The van der Waals surface area contributed by atoms with Gasteiger partial charge < -0.3 is 5.11 Å². The second kappa shape index (κ2) is 4.97. The molecule has 0 saturated carbocycles. The van der Waals surface area contributed by atoms with Gasteiger partial charge in [-0.15, -0.1) is 0 Å². The molecule has 3 nitrogen and oxygen atoms in total. The highest BCUT2D eigenvalue weighted by Crippen LogP contribution is 2.31. The van der Waals surface area contributed by atoms with E-state index in [1.807, 2.05) is 0 Å². The molecule has 16 heavy (non-hydrogen) atoms. The SMILES string of the molecule is CC(c1ccsc1)N1CCCC1CC(=O)O. The van der Waals surface area contributed by atoms with Crippen molar-refractivity contribution >= 4 is 17.3 Å². The Bertz CT molecular complexity index is 350. The molecule has 4 heteroatoms. The van der Waals surface area contributed by atoms with Gasteiger partial charge in [0.15, 0.2) is 0 Å². The quantitative estimate of drug-likeness (QED) is 0.878. The summed E-state index contributed by atoms with van der Waals surface area (Å²) in [5.41, 5.74) is 1.31. The molecule has 2 heterocycles. The highest BCUT2D eigenvalue weighted by molar-refractivity contribution is 7.07. The summed E-state index contributed by atoms with van der Waals surface area (Å²) in [5, 5.41) is 13.1. The number of likely N-dealkylation sites (tertiary alicyclic amines) is 1. The Morgan fingerprint density at radius 3 is 3.19 bits per heavy atom. The van der Waals surface area contributed by atoms with Crippen LogP contribution < -0.4 is 0 Å². The van der Waals surface area contributed by atoms with Crippen LogP contribution in [0.1, 0.15) is 37.8 Å². The number of aliphatic carboxylic acids is 1. The lowest BCUT2D eigenvalue weighted by atomic mass is 10.1. The number of hydrogen-bond donors (Lipinski definition) is 1. The van der Waals surface area contributed by atoms with Gasteiger partial charge in [-0.3, -0.25) is 9.69 Å². The average molecular weight is 239 g/mol. The number of rotatable bonds is 4. The van der Waals surface area contributed by atoms with Gasteiger partial charge in [0.05, 0.1) is 6.42 Å². The van der Waals surface area contributed by atoms with Gasteiger partial charge in [-0.1, -0.05) is 0 Å². The van der Waals surface area contributed by atoms with Crippen LogP contribution >= 0.6 is 11.3 Å². The predicted molar refractivity (Wildman–Crippen MR) is 64.7 cm³/mol. The molecule has 0 aromatic carbocycles. The molecule has 88 valence electrons. The molecule has 1 aliphatic rings. The van der Waals surface area contributed by atoms with Crippen LogP contribution in [-0.4, -0.2) is 28.6 Å². The lowest BCUT2D eigenvalue weighted by Gasteiger charge is -2.29. The van der Waals surface area contributed by atoms with E-state index in [-0.39, 0.29) is 12.5 Å². The fourth-order valence-corrected chi connectivity index (χ4v) is 3.24. The standard InChI is InChI=1S/C12H17NO2S/c1-9(10-4-6-16-8-10)13-5-2-3-11(13)7-12(14)15/h4,6,8-9,11H,2-3,5,7H2,1H3,(H,14,15). The second-order valence-corrected chi connectivity index (χ2v) is 5.14. The Morgan fingerprint density at radius 1 is 1.75 bits per heavy atom. The topological polar surface area (TPSA) is 40.5 Å². The lowest BCUT2D eigenvalue weighted by Crippen LogP contribution is -2.33. The smallest absolute Gasteiger partial charge is 0.304 e. The first-order chi connectivity index (χ1) is 7.68. The number of carbonyl (C=O) groups is 1. The zero-order valence-corrected chi connectivity index (χ0v) is 10.2. The third-order valence-corrected chi connectivity index (χ3v) is 4.06. The molecular weight excluding hydrogens is 222 g/mol. The van der Waals surface area contributed by atoms with Crippen molar-refractivity contribution < 1.29 is 9.90 Å². The minimum absolute atomic E-state index is 0.215. The van der Waals surface area contributed by atoms with Crippen molar-refractivity contribution in [2.75, 3.05) is 6.54 Å². The maximum atomic E-state index is 10.8. The molecule has 1 N–H and O–H groups in total. The van der Waals surface area contributed by atoms with Gasteiger partial charge in [-0.05, 0) is 48.7 Å². The van der Waals surface area contributed by atoms with Crippen molar-refractivity contribution in [3.8, 4) is 0 Å². The normalized spacial score (nSPS) is 23.4. The van der Waals surface area contributed by atoms with E-state index in [0.29, 0.717) is 6.04 Å². The fraction of sp³-hybridized carbons (Fsp3) is 0.583. The van der Waals surface area contributed by atoms with Crippen molar-refractivity contribution in [3.63, 3.8) is 0 Å². The predicted octanol–water partition coefficient (Wildman–Crippen LogP) is 2.75. The maximum Gasteiger partial charge on any atom is 0.304 e. The number of hydrogen-bond acceptors (Lipinski definition) is 3. The first kappa shape index (κ1) is 11.6. The number of carboxylic acid groups (broad SMARTS) is 1. The van der Waals surface area contributed by atoms with Crippen LogP contribution in [-0.2, 0) is 4.79 Å². The Kier molecular flexibility index (Phi) is 3.61. The first-order valence-corrected chi connectivity index (χ1v) is 6.62. The molecule has 1 fully saturated rings. The highest BCUT2D eigenvalue weighted by atomic mass is 32.1. The summed E-state index contributed by atoms with van der Waals surface area (Å²) in [7, 11) is 0. The fourth-order valence-electron chi connectivity index (χ4n) is 2.49. The molecule has 2 rings (SSSR count). The van der Waals surface area contributed by atoms with Gasteiger partial charge in [0.1, 0.15) is 0 Å². The molecule has 1 aromatic heterocycles. The van der Waals surface area contributed by atoms with Crippen LogP contribution in [0.25, 0.3) is 0 Å². The summed E-state index contributed by atoms with van der Waals surface area (Å²) in [4.78, 5) is 13.1. The van der Waals surface area contributed by atoms with Crippen LogP contribution in [0, 0.1) is 0 Å². The molecule has 1 aliphatic heterocycles. The molecule has 2 unspecified atom stereocenters. The highest BCUT2D eigenvalue weighted by Gasteiger charge is 2.30. The Hall–Kier alpha value is -0.870. The van der Waals surface area contributed by atoms with Crippen molar-refractivity contribution in [2.45, 2.75) is 38.3 Å². The number of carboxylic acids is 1. The number of nitrogens with zero attached hydrogens (tertiary/aromatic N) is 1. The summed E-state index contributed by atoms with van der Waals surface area (Å²) in [6.07, 6.45) is 2.40. The maximum absolute atomic E-state index is 10.8. The molecule has 0 spiro atoms. The summed E-state index contributed by atoms with van der Waals surface area (Å²) in [5.74, 6) is -0.686. The Balaban J connectivity index is 2.05. The molecule has 1 saturated heterocycles. The van der Waals surface area contributed by atoms with E-state index in [1.54, 1.807) is 11.3 Å². The number of thiophene rings is 1. The van der Waals surface area contributed by atoms with Gasteiger partial charge in [-0.25, -0.2) is 0 Å². The summed E-state index contributed by atoms with van der Waals surface area (Å²) in [6.45, 7) is 3.19. The Morgan fingerprint density at radius 2 is 2.56 bits per heavy atom. The van der Waals surface area contributed by atoms with Gasteiger partial charge in [0.2, 0.25) is 0 Å². The minimum atomic E-state index is -0.686. The molecule has 1 aromatic rings. The summed E-state index contributed by atoms with van der Waals surface area (Å²) in [6, 6.07) is 2.69. The lowest BCUT2D eigenvalue weighted by molar-refractivity contribution is -0.138. The molecule has 0 bridgehead atoms. The molecule has 0 radical (unpaired) electrons. The monoisotopic (exact) mass is 239 g/mol. The molecular formula is C12H17NO2S. The van der Waals surface area contributed by atoms with Crippen molar-refractivity contribution in [2.24, 2.45) is 0 Å². The third-order valence-electron chi connectivity index (χ3n) is 3.36. The van der Waals surface area contributed by atoms with Crippen LogP contribution in [0.2, 0.25) is 0 Å². The zero-order chi connectivity index (χ0) is 11.5. The van der Waals surface area contributed by atoms with Crippen LogP contribution in [0.4, 0.5) is 0 Å². The van der Waals surface area contributed by atoms with E-state index in [0.717, 1.165) is 19.4 Å². The summed E-state index contributed by atoms with van der Waals surface area (Å²) >= 11 is 1.70. The molecule has 0 aliphatic carbocycles. The van der Waals surface area contributed by atoms with E-state index < -0.39 is 5.97 Å². The van der Waals surface area contributed by atoms with Gasteiger partial charge in [0.25, 0.3) is 0 Å². The average Bonchev–Trinajstić information content (AvgIpc) is 2.84.